The van der Waals surface area contributed by atoms with Crippen molar-refractivity contribution in [3.05, 3.63) is 24.3 Å². The molecule has 4 saturated heterocycles. The van der Waals surface area contributed by atoms with Crippen LogP contribution in [0.5, 0.6) is 0 Å². The number of fused-ring (bicyclic) bond motifs is 6. The number of carbonyl (C=O) groups excluding carboxylic acids is 4. The van der Waals surface area contributed by atoms with Gasteiger partial charge >= 0.3 is 17.9 Å². The average molecular weight is 795 g/mol. The standard InChI is InChI=1S/C41H62O15/c1-7-12-33(43)55-32-20-27-19-26(52-39-37(49-6)35(45)36(24(5)50-39)56-34(44)13-8-2)18-25(51-27)16-22(3)14-10-9-11-15-29-23(4)17-30(53-29)28(42)21-31-38(46)41(32,48)40(47)54-31/h9-11,14,22-32,36-39,42,46,48H,7-8,12-13,15-21H2,1-6H3/b11-9-,14-10+/t22-,23-,24?,25+,26-,27+,28-,29-,30-,31-,32-,36?,37?,38+,39?,41+/m0/s1. The summed E-state index contributed by atoms with van der Waals surface area (Å²) in [4.78, 5) is 52.4. The number of methoxy groups -OCH3 is 1. The molecule has 15 heteroatoms. The van der Waals surface area contributed by atoms with Crippen molar-refractivity contribution in [3.63, 3.8) is 0 Å². The number of esters is 3. The Balaban J connectivity index is 1.43. The lowest BCUT2D eigenvalue weighted by atomic mass is 9.83. The van der Waals surface area contributed by atoms with Gasteiger partial charge in [-0.3, -0.25) is 14.4 Å². The molecule has 0 saturated carbocycles. The van der Waals surface area contributed by atoms with Crippen molar-refractivity contribution in [2.45, 2.75) is 190 Å². The van der Waals surface area contributed by atoms with Gasteiger partial charge in [-0.05, 0) is 50.9 Å². The van der Waals surface area contributed by atoms with Crippen LogP contribution in [0.25, 0.3) is 0 Å². The summed E-state index contributed by atoms with van der Waals surface area (Å²) >= 11 is 0. The molecule has 0 aromatic heterocycles. The summed E-state index contributed by atoms with van der Waals surface area (Å²) in [6.07, 6.45) is -1.74. The Labute approximate surface area is 329 Å². The second kappa shape index (κ2) is 19.8. The van der Waals surface area contributed by atoms with Gasteiger partial charge in [0.15, 0.2) is 18.5 Å². The molecule has 0 aromatic rings. The van der Waals surface area contributed by atoms with E-state index >= 15 is 0 Å². The fraction of sp³-hybridized carbons (Fsp3) is 0.805. The Morgan fingerprint density at radius 3 is 2.18 bits per heavy atom. The minimum atomic E-state index is -2.67. The van der Waals surface area contributed by atoms with E-state index in [1.165, 1.54) is 7.11 Å². The highest BCUT2D eigenvalue weighted by Gasteiger charge is 2.63. The zero-order valence-corrected chi connectivity index (χ0v) is 33.5. The van der Waals surface area contributed by atoms with Crippen molar-refractivity contribution in [3.8, 4) is 0 Å². The van der Waals surface area contributed by atoms with Crippen LogP contribution in [-0.2, 0) is 57.1 Å². The quantitative estimate of drug-likeness (QED) is 0.227. The molecule has 0 aromatic carbocycles. The van der Waals surface area contributed by atoms with E-state index in [0.717, 1.165) is 0 Å². The third kappa shape index (κ3) is 10.5. The van der Waals surface area contributed by atoms with Crippen molar-refractivity contribution in [2.24, 2.45) is 11.8 Å². The van der Waals surface area contributed by atoms with E-state index in [4.69, 9.17) is 37.9 Å². The monoisotopic (exact) mass is 794 g/mol. The number of rotatable bonds is 9. The molecule has 4 fully saturated rings. The van der Waals surface area contributed by atoms with E-state index in [0.29, 0.717) is 38.5 Å². The maximum Gasteiger partial charge on any atom is 0.345 e. The van der Waals surface area contributed by atoms with Gasteiger partial charge in [0, 0.05) is 45.6 Å². The molecular formula is C41H62O15. The maximum absolute atomic E-state index is 13.6. The lowest BCUT2D eigenvalue weighted by Crippen LogP contribution is -2.59. The van der Waals surface area contributed by atoms with Crippen LogP contribution in [0.15, 0.2) is 24.3 Å². The molecule has 0 spiro atoms. The number of hydrogen-bond donors (Lipinski definition) is 3. The van der Waals surface area contributed by atoms with E-state index in [2.05, 4.69) is 6.08 Å². The highest BCUT2D eigenvalue weighted by molar-refractivity contribution is 5.91. The second-order valence-corrected chi connectivity index (χ2v) is 16.2. The lowest BCUT2D eigenvalue weighted by molar-refractivity contribution is -0.278. The number of aliphatic hydroxyl groups excluding tert-OH is 2. The fourth-order valence-corrected chi connectivity index (χ4v) is 8.51. The van der Waals surface area contributed by atoms with E-state index < -0.39 is 103 Å². The second-order valence-electron chi connectivity index (χ2n) is 16.2. The van der Waals surface area contributed by atoms with Crippen molar-refractivity contribution in [2.75, 3.05) is 7.11 Å². The van der Waals surface area contributed by atoms with Crippen LogP contribution in [-0.4, -0.2) is 131 Å². The number of ketones is 1. The highest BCUT2D eigenvalue weighted by atomic mass is 16.7. The van der Waals surface area contributed by atoms with Crippen molar-refractivity contribution >= 4 is 23.7 Å². The van der Waals surface area contributed by atoms with Crippen LogP contribution >= 0.6 is 0 Å². The molecule has 5 aliphatic heterocycles. The Morgan fingerprint density at radius 2 is 1.50 bits per heavy atom. The molecule has 5 rings (SSSR count). The van der Waals surface area contributed by atoms with Crippen molar-refractivity contribution < 1.29 is 72.4 Å². The molecule has 0 radical (unpaired) electrons. The van der Waals surface area contributed by atoms with Gasteiger partial charge in [0.25, 0.3) is 0 Å². The van der Waals surface area contributed by atoms with Crippen LogP contribution in [0.4, 0.5) is 0 Å². The van der Waals surface area contributed by atoms with Crippen LogP contribution < -0.4 is 0 Å². The summed E-state index contributed by atoms with van der Waals surface area (Å²) in [6.45, 7) is 9.32. The molecular weight excluding hydrogens is 732 g/mol. The van der Waals surface area contributed by atoms with E-state index in [9.17, 15) is 34.5 Å². The number of carbonyl (C=O) groups is 4. The van der Waals surface area contributed by atoms with Crippen molar-refractivity contribution in [1.29, 1.82) is 0 Å². The first-order valence-corrected chi connectivity index (χ1v) is 20.4. The van der Waals surface area contributed by atoms with Gasteiger partial charge in [-0.15, -0.1) is 0 Å². The maximum atomic E-state index is 13.6. The zero-order valence-electron chi connectivity index (χ0n) is 33.5. The number of Topliss-reactive ketones (excluding diaryl/α,β-unsaturated/α-hetero) is 1. The molecule has 56 heavy (non-hydrogen) atoms. The topological polar surface area (TPSA) is 203 Å². The molecule has 4 unspecified atom stereocenters. The third-order valence-corrected chi connectivity index (χ3v) is 11.6. The largest absolute Gasteiger partial charge is 0.458 e. The van der Waals surface area contributed by atoms with Gasteiger partial charge in [-0.25, -0.2) is 4.79 Å². The molecule has 0 aliphatic carbocycles. The smallest absolute Gasteiger partial charge is 0.345 e. The van der Waals surface area contributed by atoms with Gasteiger partial charge < -0.3 is 53.2 Å². The first-order valence-electron chi connectivity index (χ1n) is 20.4. The van der Waals surface area contributed by atoms with Gasteiger partial charge in [-0.2, -0.15) is 0 Å². The summed E-state index contributed by atoms with van der Waals surface area (Å²) in [5, 5.41) is 34.8. The van der Waals surface area contributed by atoms with Gasteiger partial charge in [0.2, 0.25) is 11.4 Å². The number of aliphatic hydroxyl groups is 3. The summed E-state index contributed by atoms with van der Waals surface area (Å²) in [6, 6.07) is 0. The predicted molar refractivity (Wildman–Crippen MR) is 198 cm³/mol. The minimum absolute atomic E-state index is 0.00515. The summed E-state index contributed by atoms with van der Waals surface area (Å²) in [5.41, 5.74) is -2.67. The first kappa shape index (κ1) is 44.3. The molecule has 316 valence electrons. The van der Waals surface area contributed by atoms with Crippen LogP contribution in [0.3, 0.4) is 0 Å². The zero-order chi connectivity index (χ0) is 40.7. The molecule has 6 bridgehead atoms. The normalized spacial score (nSPS) is 43.3. The van der Waals surface area contributed by atoms with E-state index in [-0.39, 0.29) is 50.0 Å². The molecule has 0 amide bonds. The SMILES string of the molecule is CCCC(=O)OC1C(=O)C(OC)C(O[C@@H]2C[C@@H]3C[C@H](OC(=O)CCC)[C@]4(O)C(=O)O[C@@H](C[C@H](O)[C@@H]5C[C@H](C)[C@H](C/C=C\C=C\[C@H](C)C[C@H](C2)O3)O5)[C@H]4O)OC1C. The molecule has 16 atom stereocenters. The third-order valence-electron chi connectivity index (χ3n) is 11.6. The van der Waals surface area contributed by atoms with Gasteiger partial charge in [0.05, 0.1) is 36.6 Å². The summed E-state index contributed by atoms with van der Waals surface area (Å²) in [5.74, 6) is -2.69. The lowest BCUT2D eigenvalue weighted by Gasteiger charge is -2.43. The van der Waals surface area contributed by atoms with Crippen molar-refractivity contribution in [1.82, 2.24) is 0 Å². The Hall–Kier alpha value is -2.76. The van der Waals surface area contributed by atoms with E-state index in [1.807, 2.05) is 39.0 Å². The number of hydrogen-bond acceptors (Lipinski definition) is 15. The molecule has 15 nitrogen and oxygen atoms in total. The summed E-state index contributed by atoms with van der Waals surface area (Å²) < 4.78 is 47.6. The Morgan fingerprint density at radius 1 is 0.821 bits per heavy atom. The minimum Gasteiger partial charge on any atom is -0.458 e. The molecule has 5 heterocycles. The first-order chi connectivity index (χ1) is 26.7. The molecule has 3 N–H and O–H groups in total. The molecule has 5 aliphatic rings. The number of ether oxygens (including phenoxy) is 8. The Bertz CT molecular complexity index is 1420. The summed E-state index contributed by atoms with van der Waals surface area (Å²) in [7, 11) is 1.34. The average Bonchev–Trinajstić information content (AvgIpc) is 3.61. The highest BCUT2D eigenvalue weighted by Crippen LogP contribution is 2.40. The number of allylic oxidation sites excluding steroid dienone is 3. The predicted octanol–water partition coefficient (Wildman–Crippen LogP) is 3.17. The van der Waals surface area contributed by atoms with Gasteiger partial charge in [-0.1, -0.05) is 52.0 Å². The van der Waals surface area contributed by atoms with Crippen LogP contribution in [0, 0.1) is 11.8 Å². The van der Waals surface area contributed by atoms with Gasteiger partial charge in [0.1, 0.15) is 24.4 Å². The van der Waals surface area contributed by atoms with Crippen LogP contribution in [0.1, 0.15) is 105 Å². The Kier molecular flexibility index (Phi) is 15.7. The fourth-order valence-electron chi connectivity index (χ4n) is 8.51. The van der Waals surface area contributed by atoms with Crippen LogP contribution in [0.2, 0.25) is 0 Å². The van der Waals surface area contributed by atoms with E-state index in [1.54, 1.807) is 13.8 Å².